The first kappa shape index (κ1) is 28.0. The van der Waals surface area contributed by atoms with E-state index >= 15 is 0 Å². The summed E-state index contributed by atoms with van der Waals surface area (Å²) in [5.74, 6) is 0.0177. The Balaban J connectivity index is 2.20. The lowest BCUT2D eigenvalue weighted by atomic mass is 9.99. The van der Waals surface area contributed by atoms with E-state index in [1.54, 1.807) is 6.08 Å². The SMILES string of the molecule is C=C(CO)C(CNCCCOCCC)NOC(C)CCCC/C1=C/CCC/C=C(/F)C1. The van der Waals surface area contributed by atoms with Crippen molar-refractivity contribution in [2.75, 3.05) is 32.9 Å². The van der Waals surface area contributed by atoms with Crippen molar-refractivity contribution in [1.29, 1.82) is 0 Å². The molecule has 180 valence electrons. The summed E-state index contributed by atoms with van der Waals surface area (Å²) in [6.45, 7) is 11.1. The number of hydroxylamine groups is 1. The van der Waals surface area contributed by atoms with Crippen molar-refractivity contribution in [2.24, 2.45) is 0 Å². The summed E-state index contributed by atoms with van der Waals surface area (Å²) >= 11 is 0. The predicted octanol–water partition coefficient (Wildman–Crippen LogP) is 5.13. The highest BCUT2D eigenvalue weighted by Gasteiger charge is 2.14. The third-order valence-corrected chi connectivity index (χ3v) is 5.41. The van der Waals surface area contributed by atoms with Gasteiger partial charge in [-0.05, 0) is 70.4 Å². The average molecular weight is 441 g/mol. The van der Waals surface area contributed by atoms with E-state index in [-0.39, 0.29) is 24.6 Å². The largest absolute Gasteiger partial charge is 0.392 e. The van der Waals surface area contributed by atoms with Crippen LogP contribution in [0.2, 0.25) is 0 Å². The third kappa shape index (κ3) is 14.6. The second-order valence-electron chi connectivity index (χ2n) is 8.45. The van der Waals surface area contributed by atoms with Crippen LogP contribution < -0.4 is 10.8 Å². The minimum Gasteiger partial charge on any atom is -0.392 e. The molecule has 5 nitrogen and oxygen atoms in total. The Labute approximate surface area is 189 Å². The summed E-state index contributed by atoms with van der Waals surface area (Å²) in [7, 11) is 0. The Morgan fingerprint density at radius 3 is 2.81 bits per heavy atom. The molecule has 0 aromatic carbocycles. The van der Waals surface area contributed by atoms with Crippen molar-refractivity contribution in [3.63, 3.8) is 0 Å². The molecule has 0 fully saturated rings. The van der Waals surface area contributed by atoms with Gasteiger partial charge in [0.05, 0.1) is 24.6 Å². The Bertz CT molecular complexity index is 537. The molecular weight excluding hydrogens is 395 g/mol. The molecule has 0 saturated carbocycles. The van der Waals surface area contributed by atoms with E-state index in [4.69, 9.17) is 9.57 Å². The quantitative estimate of drug-likeness (QED) is 0.157. The molecule has 2 unspecified atom stereocenters. The number of nitrogens with one attached hydrogen (secondary N) is 2. The lowest BCUT2D eigenvalue weighted by Gasteiger charge is -2.23. The van der Waals surface area contributed by atoms with E-state index in [9.17, 15) is 9.50 Å². The minimum absolute atomic E-state index is 0.0177. The van der Waals surface area contributed by atoms with Crippen molar-refractivity contribution < 1.29 is 19.1 Å². The number of unbranched alkanes of at least 4 members (excludes halogenated alkanes) is 1. The van der Waals surface area contributed by atoms with Crippen molar-refractivity contribution >= 4 is 0 Å². The van der Waals surface area contributed by atoms with Crippen LogP contribution in [0.3, 0.4) is 0 Å². The van der Waals surface area contributed by atoms with E-state index < -0.39 is 0 Å². The van der Waals surface area contributed by atoms with Gasteiger partial charge in [0.2, 0.25) is 0 Å². The topological polar surface area (TPSA) is 62.8 Å². The number of aliphatic hydroxyl groups excluding tert-OH is 1. The maximum Gasteiger partial charge on any atom is 0.1000 e. The average Bonchev–Trinajstić information content (AvgIpc) is 2.75. The fraction of sp³-hybridized carbons (Fsp3) is 0.760. The van der Waals surface area contributed by atoms with Gasteiger partial charge < -0.3 is 15.2 Å². The van der Waals surface area contributed by atoms with Crippen LogP contribution in [0.5, 0.6) is 0 Å². The van der Waals surface area contributed by atoms with Gasteiger partial charge in [-0.3, -0.25) is 4.84 Å². The molecule has 1 rings (SSSR count). The molecule has 0 bridgehead atoms. The highest BCUT2D eigenvalue weighted by atomic mass is 19.1. The molecule has 0 aliphatic heterocycles. The Morgan fingerprint density at radius 2 is 2.03 bits per heavy atom. The van der Waals surface area contributed by atoms with Gasteiger partial charge in [0.15, 0.2) is 0 Å². The zero-order valence-corrected chi connectivity index (χ0v) is 19.8. The van der Waals surface area contributed by atoms with Crippen LogP contribution in [0.25, 0.3) is 0 Å². The summed E-state index contributed by atoms with van der Waals surface area (Å²) in [6, 6.07) is -0.140. The molecule has 0 saturated heterocycles. The van der Waals surface area contributed by atoms with Crippen molar-refractivity contribution in [3.05, 3.63) is 35.7 Å². The van der Waals surface area contributed by atoms with Gasteiger partial charge in [-0.15, -0.1) is 0 Å². The molecule has 1 aliphatic carbocycles. The Kier molecular flexibility index (Phi) is 16.7. The van der Waals surface area contributed by atoms with Gasteiger partial charge in [-0.2, -0.15) is 5.48 Å². The molecule has 0 aromatic rings. The van der Waals surface area contributed by atoms with E-state index in [1.165, 1.54) is 5.57 Å². The van der Waals surface area contributed by atoms with Gasteiger partial charge in [0.1, 0.15) is 0 Å². The zero-order chi connectivity index (χ0) is 22.7. The lowest BCUT2D eigenvalue weighted by molar-refractivity contribution is -0.0341. The minimum atomic E-state index is -0.140. The second-order valence-corrected chi connectivity index (χ2v) is 8.45. The van der Waals surface area contributed by atoms with Crippen LogP contribution in [0, 0.1) is 0 Å². The van der Waals surface area contributed by atoms with E-state index in [0.717, 1.165) is 77.5 Å². The molecule has 31 heavy (non-hydrogen) atoms. The van der Waals surface area contributed by atoms with Crippen molar-refractivity contribution in [3.8, 4) is 0 Å². The van der Waals surface area contributed by atoms with Crippen molar-refractivity contribution in [1.82, 2.24) is 10.8 Å². The molecule has 3 N–H and O–H groups in total. The van der Waals surface area contributed by atoms with Gasteiger partial charge in [0, 0.05) is 26.2 Å². The highest BCUT2D eigenvalue weighted by molar-refractivity contribution is 5.13. The first-order chi connectivity index (χ1) is 15.1. The van der Waals surface area contributed by atoms with Crippen LogP contribution >= 0.6 is 0 Å². The number of halogens is 1. The second kappa shape index (κ2) is 18.5. The third-order valence-electron chi connectivity index (χ3n) is 5.41. The molecular formula is C25H45FN2O3. The molecule has 0 spiro atoms. The molecule has 1 aliphatic rings. The van der Waals surface area contributed by atoms with Gasteiger partial charge >= 0.3 is 0 Å². The monoisotopic (exact) mass is 440 g/mol. The zero-order valence-electron chi connectivity index (χ0n) is 19.8. The first-order valence-electron chi connectivity index (χ1n) is 12.1. The van der Waals surface area contributed by atoms with E-state index in [2.05, 4.69) is 30.4 Å². The standard InChI is InChI=1S/C25H45FN2O3/c1-4-16-30-17-10-15-27-19-25(21(2)20-29)28-31-22(3)11-8-9-13-23-12-6-5-7-14-24(26)18-23/h12,14,22,25,27-29H,2,4-11,13,15-20H2,1,3H3/b23-12-,24-14+. The number of aliphatic hydroxyl groups is 1. The van der Waals surface area contributed by atoms with Crippen LogP contribution in [0.1, 0.15) is 78.1 Å². The maximum absolute atomic E-state index is 13.7. The number of allylic oxidation sites excluding steroid dienone is 4. The summed E-state index contributed by atoms with van der Waals surface area (Å²) in [4.78, 5) is 5.81. The molecule has 0 radical (unpaired) electrons. The maximum atomic E-state index is 13.7. The fourth-order valence-electron chi connectivity index (χ4n) is 3.45. The predicted molar refractivity (Wildman–Crippen MR) is 127 cm³/mol. The fourth-order valence-corrected chi connectivity index (χ4v) is 3.45. The Hall–Kier alpha value is -1.05. The molecule has 0 heterocycles. The molecule has 0 amide bonds. The van der Waals surface area contributed by atoms with Gasteiger partial charge in [-0.1, -0.05) is 37.6 Å². The molecule has 2 atom stereocenters. The first-order valence-corrected chi connectivity index (χ1v) is 12.1. The summed E-state index contributed by atoms with van der Waals surface area (Å²) < 4.78 is 19.2. The summed E-state index contributed by atoms with van der Waals surface area (Å²) in [6.07, 6.45) is 13.4. The number of ether oxygens (including phenoxy) is 1. The lowest BCUT2D eigenvalue weighted by Crippen LogP contribution is -2.42. The normalized spacial score (nSPS) is 20.1. The van der Waals surface area contributed by atoms with Gasteiger partial charge in [-0.25, -0.2) is 4.39 Å². The van der Waals surface area contributed by atoms with Crippen LogP contribution in [-0.2, 0) is 9.57 Å². The van der Waals surface area contributed by atoms with E-state index in [0.29, 0.717) is 18.5 Å². The smallest absolute Gasteiger partial charge is 0.1000 e. The number of hydrogen-bond donors (Lipinski definition) is 3. The van der Waals surface area contributed by atoms with Crippen LogP contribution in [-0.4, -0.2) is 50.2 Å². The molecule has 0 aromatic heterocycles. The summed E-state index contributed by atoms with van der Waals surface area (Å²) in [5, 5.41) is 12.8. The highest BCUT2D eigenvalue weighted by Crippen LogP contribution is 2.23. The molecule has 6 heteroatoms. The number of rotatable bonds is 18. The summed E-state index contributed by atoms with van der Waals surface area (Å²) in [5.41, 5.74) is 5.00. The van der Waals surface area contributed by atoms with E-state index in [1.807, 2.05) is 6.92 Å². The van der Waals surface area contributed by atoms with Crippen molar-refractivity contribution in [2.45, 2.75) is 90.2 Å². The van der Waals surface area contributed by atoms with Gasteiger partial charge in [0.25, 0.3) is 0 Å². The van der Waals surface area contributed by atoms with Crippen LogP contribution in [0.15, 0.2) is 35.7 Å². The Morgan fingerprint density at radius 1 is 1.23 bits per heavy atom. The van der Waals surface area contributed by atoms with Crippen LogP contribution in [0.4, 0.5) is 4.39 Å². The number of hydrogen-bond acceptors (Lipinski definition) is 5.